The Balaban J connectivity index is 2.10. The second-order valence-electron chi connectivity index (χ2n) is 6.43. The fourth-order valence-electron chi connectivity index (χ4n) is 3.78. The summed E-state index contributed by atoms with van der Waals surface area (Å²) < 4.78 is 3.59. The van der Waals surface area contributed by atoms with E-state index in [4.69, 9.17) is 16.6 Å². The van der Waals surface area contributed by atoms with Crippen molar-refractivity contribution in [2.24, 2.45) is 11.8 Å². The van der Waals surface area contributed by atoms with Crippen molar-refractivity contribution in [2.45, 2.75) is 45.6 Å². The van der Waals surface area contributed by atoms with Crippen LogP contribution in [0, 0.1) is 11.8 Å². The van der Waals surface area contributed by atoms with E-state index in [1.54, 1.807) is 0 Å². The van der Waals surface area contributed by atoms with Crippen molar-refractivity contribution < 1.29 is 0 Å². The minimum Gasteiger partial charge on any atom is -0.325 e. The van der Waals surface area contributed by atoms with Gasteiger partial charge in [-0.05, 0) is 49.3 Å². The SMILES string of the molecule is CC1CCC(n2c(CCCl)nc3ccc(Br)cc32)C(C)C1. The molecule has 4 heteroatoms. The molecule has 2 nitrogen and oxygen atoms in total. The van der Waals surface area contributed by atoms with E-state index in [2.05, 4.69) is 52.5 Å². The zero-order valence-electron chi connectivity index (χ0n) is 12.6. The summed E-state index contributed by atoms with van der Waals surface area (Å²) in [4.78, 5) is 4.83. The van der Waals surface area contributed by atoms with Crippen LogP contribution in [0.3, 0.4) is 0 Å². The van der Waals surface area contributed by atoms with Gasteiger partial charge in [0.05, 0.1) is 11.0 Å². The summed E-state index contributed by atoms with van der Waals surface area (Å²) in [5.41, 5.74) is 2.33. The maximum atomic E-state index is 6.00. The average molecular weight is 370 g/mol. The van der Waals surface area contributed by atoms with Crippen molar-refractivity contribution in [3.05, 3.63) is 28.5 Å². The molecule has 1 aromatic carbocycles. The number of hydrogen-bond donors (Lipinski definition) is 0. The number of imidazole rings is 1. The lowest BCUT2D eigenvalue weighted by Gasteiger charge is -2.34. The molecule has 114 valence electrons. The maximum Gasteiger partial charge on any atom is 0.111 e. The molecule has 3 rings (SSSR count). The largest absolute Gasteiger partial charge is 0.325 e. The molecule has 0 N–H and O–H groups in total. The monoisotopic (exact) mass is 368 g/mol. The Morgan fingerprint density at radius 2 is 2.14 bits per heavy atom. The highest BCUT2D eigenvalue weighted by Gasteiger charge is 2.29. The number of alkyl halides is 1. The third kappa shape index (κ3) is 3.00. The van der Waals surface area contributed by atoms with Crippen molar-refractivity contribution in [3.63, 3.8) is 0 Å². The second-order valence-corrected chi connectivity index (χ2v) is 7.73. The first kappa shape index (κ1) is 15.4. The predicted octanol–water partition coefficient (Wildman–Crippen LogP) is 5.58. The van der Waals surface area contributed by atoms with Crippen molar-refractivity contribution >= 4 is 38.6 Å². The van der Waals surface area contributed by atoms with Crippen LogP contribution in [0.2, 0.25) is 0 Å². The lowest BCUT2D eigenvalue weighted by molar-refractivity contribution is 0.208. The Hall–Kier alpha value is -0.540. The van der Waals surface area contributed by atoms with E-state index in [9.17, 15) is 0 Å². The van der Waals surface area contributed by atoms with E-state index >= 15 is 0 Å². The first-order valence-electron chi connectivity index (χ1n) is 7.82. The fraction of sp³-hybridized carbons (Fsp3) is 0.588. The van der Waals surface area contributed by atoms with Crippen LogP contribution >= 0.6 is 27.5 Å². The topological polar surface area (TPSA) is 17.8 Å². The standard InChI is InChI=1S/C17H22BrClN2/c1-11-3-6-15(12(2)9-11)21-16-10-13(18)4-5-14(16)20-17(21)7-8-19/h4-5,10-12,15H,3,6-9H2,1-2H3. The molecule has 0 radical (unpaired) electrons. The van der Waals surface area contributed by atoms with Gasteiger partial charge in [-0.25, -0.2) is 4.98 Å². The van der Waals surface area contributed by atoms with Crippen LogP contribution < -0.4 is 0 Å². The number of benzene rings is 1. The zero-order chi connectivity index (χ0) is 15.0. The van der Waals surface area contributed by atoms with Crippen LogP contribution in [-0.4, -0.2) is 15.4 Å². The number of fused-ring (bicyclic) bond motifs is 1. The van der Waals surface area contributed by atoms with E-state index in [-0.39, 0.29) is 0 Å². The van der Waals surface area contributed by atoms with Gasteiger partial charge in [0.25, 0.3) is 0 Å². The number of aromatic nitrogens is 2. The molecular weight excluding hydrogens is 348 g/mol. The molecule has 0 amide bonds. The first-order chi connectivity index (χ1) is 10.1. The predicted molar refractivity (Wildman–Crippen MR) is 93.1 cm³/mol. The first-order valence-corrected chi connectivity index (χ1v) is 9.15. The van der Waals surface area contributed by atoms with Gasteiger partial charge in [0.15, 0.2) is 0 Å². The molecule has 0 aliphatic heterocycles. The van der Waals surface area contributed by atoms with Crippen molar-refractivity contribution in [1.82, 2.24) is 9.55 Å². The molecular formula is C17H22BrClN2. The van der Waals surface area contributed by atoms with Gasteiger partial charge < -0.3 is 4.57 Å². The molecule has 2 aromatic rings. The van der Waals surface area contributed by atoms with Gasteiger partial charge in [0.2, 0.25) is 0 Å². The van der Waals surface area contributed by atoms with Crippen LogP contribution in [0.4, 0.5) is 0 Å². The Morgan fingerprint density at radius 3 is 2.86 bits per heavy atom. The van der Waals surface area contributed by atoms with Crippen molar-refractivity contribution in [1.29, 1.82) is 0 Å². The molecule has 1 aromatic heterocycles. The highest BCUT2D eigenvalue weighted by atomic mass is 79.9. The van der Waals surface area contributed by atoms with Gasteiger partial charge in [0, 0.05) is 22.8 Å². The Kier molecular flexibility index (Phi) is 4.60. The normalized spacial score (nSPS) is 26.4. The number of aryl methyl sites for hydroxylation is 1. The second kappa shape index (κ2) is 6.29. The molecule has 1 heterocycles. The van der Waals surface area contributed by atoms with Gasteiger partial charge in [-0.2, -0.15) is 0 Å². The third-order valence-electron chi connectivity index (χ3n) is 4.76. The zero-order valence-corrected chi connectivity index (χ0v) is 15.0. The summed E-state index contributed by atoms with van der Waals surface area (Å²) in [5.74, 6) is 3.31. The quantitative estimate of drug-likeness (QED) is 0.646. The highest BCUT2D eigenvalue weighted by Crippen LogP contribution is 2.39. The van der Waals surface area contributed by atoms with Crippen LogP contribution in [-0.2, 0) is 6.42 Å². The third-order valence-corrected chi connectivity index (χ3v) is 5.44. The highest BCUT2D eigenvalue weighted by molar-refractivity contribution is 9.10. The van der Waals surface area contributed by atoms with E-state index in [0.717, 1.165) is 28.2 Å². The molecule has 1 aliphatic carbocycles. The molecule has 0 bridgehead atoms. The van der Waals surface area contributed by atoms with E-state index < -0.39 is 0 Å². The van der Waals surface area contributed by atoms with Crippen LogP contribution in [0.1, 0.15) is 45.0 Å². The number of halogens is 2. The van der Waals surface area contributed by atoms with Gasteiger partial charge in [-0.3, -0.25) is 0 Å². The summed E-state index contributed by atoms with van der Waals surface area (Å²) >= 11 is 9.60. The Bertz CT molecular complexity index is 637. The molecule has 1 fully saturated rings. The number of nitrogens with zero attached hydrogens (tertiary/aromatic N) is 2. The van der Waals surface area contributed by atoms with Crippen LogP contribution in [0.25, 0.3) is 11.0 Å². The van der Waals surface area contributed by atoms with E-state index in [1.807, 2.05) is 0 Å². The average Bonchev–Trinajstić information content (AvgIpc) is 2.77. The molecule has 3 unspecified atom stereocenters. The number of hydrogen-bond acceptors (Lipinski definition) is 1. The Labute approximate surface area is 140 Å². The maximum absolute atomic E-state index is 6.00. The van der Waals surface area contributed by atoms with E-state index in [0.29, 0.717) is 17.8 Å². The van der Waals surface area contributed by atoms with Gasteiger partial charge in [-0.15, -0.1) is 11.6 Å². The minimum atomic E-state index is 0.554. The molecule has 0 spiro atoms. The van der Waals surface area contributed by atoms with Crippen molar-refractivity contribution in [2.75, 3.05) is 5.88 Å². The van der Waals surface area contributed by atoms with E-state index in [1.165, 1.54) is 24.8 Å². The number of rotatable bonds is 3. The lowest BCUT2D eigenvalue weighted by atomic mass is 9.79. The molecule has 0 saturated heterocycles. The van der Waals surface area contributed by atoms with Gasteiger partial charge in [0.1, 0.15) is 5.82 Å². The fourth-order valence-corrected chi connectivity index (χ4v) is 4.30. The van der Waals surface area contributed by atoms with Crippen LogP contribution in [0.5, 0.6) is 0 Å². The molecule has 3 atom stereocenters. The summed E-state index contributed by atoms with van der Waals surface area (Å²) in [7, 11) is 0. The smallest absolute Gasteiger partial charge is 0.111 e. The molecule has 1 saturated carbocycles. The lowest BCUT2D eigenvalue weighted by Crippen LogP contribution is -2.26. The summed E-state index contributed by atoms with van der Waals surface area (Å²) in [6, 6.07) is 6.92. The minimum absolute atomic E-state index is 0.554. The summed E-state index contributed by atoms with van der Waals surface area (Å²) in [5, 5.41) is 0. The molecule has 21 heavy (non-hydrogen) atoms. The summed E-state index contributed by atoms with van der Waals surface area (Å²) in [6.45, 7) is 4.75. The molecule has 1 aliphatic rings. The van der Waals surface area contributed by atoms with Gasteiger partial charge >= 0.3 is 0 Å². The van der Waals surface area contributed by atoms with Crippen LogP contribution in [0.15, 0.2) is 22.7 Å². The Morgan fingerprint density at radius 1 is 1.33 bits per heavy atom. The van der Waals surface area contributed by atoms with Gasteiger partial charge in [-0.1, -0.05) is 29.8 Å². The van der Waals surface area contributed by atoms with Crippen molar-refractivity contribution in [3.8, 4) is 0 Å². The summed E-state index contributed by atoms with van der Waals surface area (Å²) in [6.07, 6.45) is 4.70.